The highest BCUT2D eigenvalue weighted by Crippen LogP contribution is 2.31. The first kappa shape index (κ1) is 17.5. The molecule has 1 atom stereocenters. The second-order valence-electron chi connectivity index (χ2n) is 5.52. The standard InChI is InChI=1S/C15H18F4N2O2/c16-11-3-1-10(2-4-11)13(9-15(17,18)19)20-14(23)21(7-8-22)12-5-6-12/h1-4,12-13,22H,5-9H2,(H,20,23). The van der Waals surface area contributed by atoms with Crippen molar-refractivity contribution in [2.24, 2.45) is 0 Å². The maximum absolute atomic E-state index is 12.9. The number of nitrogens with zero attached hydrogens (tertiary/aromatic N) is 1. The molecule has 0 radical (unpaired) electrons. The second kappa shape index (κ2) is 7.16. The van der Waals surface area contributed by atoms with Gasteiger partial charge >= 0.3 is 12.2 Å². The molecule has 0 heterocycles. The third kappa shape index (κ3) is 5.38. The van der Waals surface area contributed by atoms with Gasteiger partial charge in [-0.15, -0.1) is 0 Å². The minimum absolute atomic E-state index is 0.0399. The number of hydrogen-bond donors (Lipinski definition) is 2. The number of amides is 2. The van der Waals surface area contributed by atoms with Crippen LogP contribution in [0.1, 0.15) is 30.9 Å². The number of urea groups is 1. The summed E-state index contributed by atoms with van der Waals surface area (Å²) in [5.41, 5.74) is 0.178. The number of carbonyl (C=O) groups excluding carboxylic acids is 1. The molecule has 0 saturated heterocycles. The SMILES string of the molecule is O=C(NC(CC(F)(F)F)c1ccc(F)cc1)N(CCO)C1CC1. The van der Waals surface area contributed by atoms with Crippen LogP contribution in [0.25, 0.3) is 0 Å². The Morgan fingerprint density at radius 1 is 1.30 bits per heavy atom. The van der Waals surface area contributed by atoms with Crippen molar-refractivity contribution in [2.75, 3.05) is 13.2 Å². The lowest BCUT2D eigenvalue weighted by molar-refractivity contribution is -0.139. The van der Waals surface area contributed by atoms with Gasteiger partial charge in [-0.2, -0.15) is 13.2 Å². The first-order valence-electron chi connectivity index (χ1n) is 7.30. The maximum Gasteiger partial charge on any atom is 0.391 e. The van der Waals surface area contributed by atoms with E-state index in [1.165, 1.54) is 17.0 Å². The summed E-state index contributed by atoms with van der Waals surface area (Å²) in [6.45, 7) is -0.191. The van der Waals surface area contributed by atoms with Crippen molar-refractivity contribution >= 4 is 6.03 Å². The van der Waals surface area contributed by atoms with Crippen LogP contribution in [0.3, 0.4) is 0 Å². The Kier molecular flexibility index (Phi) is 5.46. The normalized spacial score (nSPS) is 16.0. The highest BCUT2D eigenvalue weighted by atomic mass is 19.4. The smallest absolute Gasteiger partial charge is 0.391 e. The monoisotopic (exact) mass is 334 g/mol. The van der Waals surface area contributed by atoms with E-state index in [1.54, 1.807) is 0 Å². The third-order valence-corrected chi connectivity index (χ3v) is 3.60. The lowest BCUT2D eigenvalue weighted by Gasteiger charge is -2.27. The van der Waals surface area contributed by atoms with Crippen LogP contribution in [0.5, 0.6) is 0 Å². The van der Waals surface area contributed by atoms with Gasteiger partial charge in [0.2, 0.25) is 0 Å². The molecular weight excluding hydrogens is 316 g/mol. The number of alkyl halides is 3. The van der Waals surface area contributed by atoms with E-state index in [4.69, 9.17) is 5.11 Å². The Bertz CT molecular complexity index is 529. The molecular formula is C15H18F4N2O2. The molecule has 1 aromatic carbocycles. The zero-order valence-electron chi connectivity index (χ0n) is 12.3. The molecule has 23 heavy (non-hydrogen) atoms. The summed E-state index contributed by atoms with van der Waals surface area (Å²) < 4.78 is 51.2. The molecule has 1 aromatic rings. The average molecular weight is 334 g/mol. The predicted molar refractivity (Wildman–Crippen MR) is 75.2 cm³/mol. The van der Waals surface area contributed by atoms with Gasteiger partial charge < -0.3 is 15.3 Å². The zero-order chi connectivity index (χ0) is 17.0. The Hall–Kier alpha value is -1.83. The third-order valence-electron chi connectivity index (χ3n) is 3.60. The summed E-state index contributed by atoms with van der Waals surface area (Å²) in [4.78, 5) is 13.6. The molecule has 4 nitrogen and oxygen atoms in total. The topological polar surface area (TPSA) is 52.6 Å². The Morgan fingerprint density at radius 2 is 1.91 bits per heavy atom. The van der Waals surface area contributed by atoms with Gasteiger partial charge in [0, 0.05) is 12.6 Å². The second-order valence-corrected chi connectivity index (χ2v) is 5.52. The maximum atomic E-state index is 12.9. The van der Waals surface area contributed by atoms with Crippen LogP contribution < -0.4 is 5.32 Å². The van der Waals surface area contributed by atoms with Gasteiger partial charge in [-0.1, -0.05) is 12.1 Å². The van der Waals surface area contributed by atoms with Crippen LogP contribution in [-0.2, 0) is 0 Å². The molecule has 1 aliphatic rings. The first-order chi connectivity index (χ1) is 10.8. The van der Waals surface area contributed by atoms with Crippen molar-refractivity contribution in [3.63, 3.8) is 0 Å². The first-order valence-corrected chi connectivity index (χ1v) is 7.30. The Labute approximate surface area is 131 Å². The van der Waals surface area contributed by atoms with Crippen molar-refractivity contribution in [1.29, 1.82) is 0 Å². The molecule has 2 amide bonds. The van der Waals surface area contributed by atoms with Crippen LogP contribution >= 0.6 is 0 Å². The van der Waals surface area contributed by atoms with E-state index < -0.39 is 30.5 Å². The molecule has 0 aromatic heterocycles. The highest BCUT2D eigenvalue weighted by molar-refractivity contribution is 5.75. The van der Waals surface area contributed by atoms with E-state index in [2.05, 4.69) is 5.32 Å². The summed E-state index contributed by atoms with van der Waals surface area (Å²) in [5.74, 6) is -0.564. The molecule has 2 rings (SSSR count). The van der Waals surface area contributed by atoms with Gasteiger partial charge in [-0.3, -0.25) is 0 Å². The Morgan fingerprint density at radius 3 is 2.39 bits per heavy atom. The van der Waals surface area contributed by atoms with Gasteiger partial charge in [-0.25, -0.2) is 9.18 Å². The number of aliphatic hydroxyl groups excluding tert-OH is 1. The van der Waals surface area contributed by atoms with E-state index in [0.717, 1.165) is 25.0 Å². The van der Waals surface area contributed by atoms with E-state index in [0.29, 0.717) is 0 Å². The number of carbonyl (C=O) groups is 1. The van der Waals surface area contributed by atoms with Gasteiger partial charge in [0.1, 0.15) is 5.82 Å². The fourth-order valence-electron chi connectivity index (χ4n) is 2.35. The van der Waals surface area contributed by atoms with Gasteiger partial charge in [0.05, 0.1) is 19.1 Å². The number of nitrogens with one attached hydrogen (secondary N) is 1. The molecule has 0 bridgehead atoms. The lowest BCUT2D eigenvalue weighted by Crippen LogP contribution is -2.45. The molecule has 0 spiro atoms. The van der Waals surface area contributed by atoms with E-state index in [-0.39, 0.29) is 24.8 Å². The van der Waals surface area contributed by atoms with Crippen LogP contribution in [-0.4, -0.2) is 41.4 Å². The van der Waals surface area contributed by atoms with E-state index >= 15 is 0 Å². The zero-order valence-corrected chi connectivity index (χ0v) is 12.3. The van der Waals surface area contributed by atoms with Gasteiger partial charge in [0.15, 0.2) is 0 Å². The largest absolute Gasteiger partial charge is 0.395 e. The number of benzene rings is 1. The molecule has 8 heteroatoms. The van der Waals surface area contributed by atoms with Crippen LogP contribution in [0.4, 0.5) is 22.4 Å². The molecule has 0 aliphatic heterocycles. The Balaban J connectivity index is 2.13. The molecule has 1 aliphatic carbocycles. The predicted octanol–water partition coefficient (Wildman–Crippen LogP) is 2.99. The van der Waals surface area contributed by atoms with Crippen molar-refractivity contribution in [2.45, 2.75) is 37.5 Å². The summed E-state index contributed by atoms with van der Waals surface area (Å²) in [6, 6.07) is 2.55. The van der Waals surface area contributed by atoms with Crippen molar-refractivity contribution in [3.05, 3.63) is 35.6 Å². The minimum atomic E-state index is -4.48. The van der Waals surface area contributed by atoms with Crippen molar-refractivity contribution in [3.8, 4) is 0 Å². The van der Waals surface area contributed by atoms with Crippen molar-refractivity contribution in [1.82, 2.24) is 10.2 Å². The molecule has 128 valence electrons. The minimum Gasteiger partial charge on any atom is -0.395 e. The van der Waals surface area contributed by atoms with Gasteiger partial charge in [-0.05, 0) is 30.5 Å². The fourth-order valence-corrected chi connectivity index (χ4v) is 2.35. The summed E-state index contributed by atoms with van der Waals surface area (Å²) in [5, 5.41) is 11.3. The highest BCUT2D eigenvalue weighted by Gasteiger charge is 2.36. The molecule has 1 fully saturated rings. The molecule has 1 saturated carbocycles. The summed E-state index contributed by atoms with van der Waals surface area (Å²) in [7, 11) is 0. The van der Waals surface area contributed by atoms with E-state index in [1.807, 2.05) is 0 Å². The average Bonchev–Trinajstić information content (AvgIpc) is 3.27. The van der Waals surface area contributed by atoms with E-state index in [9.17, 15) is 22.4 Å². The molecule has 2 N–H and O–H groups in total. The summed E-state index contributed by atoms with van der Waals surface area (Å²) in [6.07, 6.45) is -4.18. The number of aliphatic hydroxyl groups is 1. The van der Waals surface area contributed by atoms with Gasteiger partial charge in [0.25, 0.3) is 0 Å². The molecule has 1 unspecified atom stereocenters. The number of halogens is 4. The van der Waals surface area contributed by atoms with Crippen LogP contribution in [0.15, 0.2) is 24.3 Å². The number of hydrogen-bond acceptors (Lipinski definition) is 2. The number of rotatable bonds is 6. The van der Waals surface area contributed by atoms with Crippen LogP contribution in [0.2, 0.25) is 0 Å². The fraction of sp³-hybridized carbons (Fsp3) is 0.533. The lowest BCUT2D eigenvalue weighted by atomic mass is 10.0. The summed E-state index contributed by atoms with van der Waals surface area (Å²) >= 11 is 0. The van der Waals surface area contributed by atoms with Crippen LogP contribution in [0, 0.1) is 5.82 Å². The quantitative estimate of drug-likeness (QED) is 0.786. The van der Waals surface area contributed by atoms with Crippen molar-refractivity contribution < 1.29 is 27.5 Å².